The number of benzene rings is 1. The molecule has 1 saturated heterocycles. The summed E-state index contributed by atoms with van der Waals surface area (Å²) < 4.78 is 0. The number of nitrogens with one attached hydrogen (secondary N) is 1. The first kappa shape index (κ1) is 9.06. The largest absolute Gasteiger partial charge is 0.336 e. The van der Waals surface area contributed by atoms with Crippen molar-refractivity contribution in [2.75, 3.05) is 13.6 Å². The van der Waals surface area contributed by atoms with E-state index in [1.807, 2.05) is 25.2 Å². The average molecular weight is 190 g/mol. The zero-order valence-corrected chi connectivity index (χ0v) is 8.23. The molecule has 0 saturated carbocycles. The maximum Gasteiger partial charge on any atom is 0.317 e. The fourth-order valence-corrected chi connectivity index (χ4v) is 1.73. The molecular weight excluding hydrogens is 176 g/mol. The third-order valence-corrected chi connectivity index (χ3v) is 2.67. The average Bonchev–Trinajstić information content (AvgIpc) is 2.52. The van der Waals surface area contributed by atoms with Gasteiger partial charge < -0.3 is 10.2 Å². The van der Waals surface area contributed by atoms with Crippen LogP contribution in [0.25, 0.3) is 0 Å². The highest BCUT2D eigenvalue weighted by molar-refractivity contribution is 5.76. The molecule has 1 fully saturated rings. The van der Waals surface area contributed by atoms with E-state index in [0.717, 1.165) is 13.0 Å². The number of likely N-dealkylation sites (N-methyl/N-ethyl adjacent to an activating group) is 1. The van der Waals surface area contributed by atoms with E-state index in [1.54, 1.807) is 4.90 Å². The van der Waals surface area contributed by atoms with Crippen molar-refractivity contribution < 1.29 is 4.79 Å². The summed E-state index contributed by atoms with van der Waals surface area (Å²) in [5.41, 5.74) is 1.28. The van der Waals surface area contributed by atoms with Gasteiger partial charge in [-0.15, -0.1) is 0 Å². The van der Waals surface area contributed by atoms with Crippen molar-refractivity contribution in [2.45, 2.75) is 12.5 Å². The Bertz CT molecular complexity index is 323. The maximum absolute atomic E-state index is 11.2. The van der Waals surface area contributed by atoms with Crippen molar-refractivity contribution in [1.82, 2.24) is 10.2 Å². The second kappa shape index (κ2) is 3.70. The molecule has 1 aliphatic rings. The number of nitrogens with zero attached hydrogens (tertiary/aromatic N) is 1. The second-order valence-electron chi connectivity index (χ2n) is 3.64. The molecule has 0 aromatic heterocycles. The molecule has 74 valence electrons. The van der Waals surface area contributed by atoms with Crippen LogP contribution in [0.2, 0.25) is 0 Å². The van der Waals surface area contributed by atoms with Crippen molar-refractivity contribution in [1.29, 1.82) is 0 Å². The Labute approximate surface area is 83.7 Å². The fraction of sp³-hybridized carbons (Fsp3) is 0.364. The van der Waals surface area contributed by atoms with E-state index >= 15 is 0 Å². The van der Waals surface area contributed by atoms with Gasteiger partial charge in [0.2, 0.25) is 0 Å². The minimum Gasteiger partial charge on any atom is -0.336 e. The molecule has 1 heterocycles. The third kappa shape index (κ3) is 1.71. The molecule has 1 aromatic carbocycles. The lowest BCUT2D eigenvalue weighted by atomic mass is 10.1. The van der Waals surface area contributed by atoms with Crippen LogP contribution in [0.3, 0.4) is 0 Å². The van der Waals surface area contributed by atoms with E-state index in [2.05, 4.69) is 17.4 Å². The summed E-state index contributed by atoms with van der Waals surface area (Å²) in [7, 11) is 1.84. The van der Waals surface area contributed by atoms with Crippen LogP contribution in [-0.2, 0) is 6.42 Å². The molecule has 3 nitrogen and oxygen atoms in total. The zero-order chi connectivity index (χ0) is 9.97. The highest BCUT2D eigenvalue weighted by Crippen LogP contribution is 2.10. The number of rotatable bonds is 2. The predicted molar refractivity (Wildman–Crippen MR) is 55.1 cm³/mol. The number of carbonyl (C=O) groups is 1. The molecule has 3 heteroatoms. The maximum atomic E-state index is 11.2. The van der Waals surface area contributed by atoms with E-state index < -0.39 is 0 Å². The molecule has 2 rings (SSSR count). The van der Waals surface area contributed by atoms with Gasteiger partial charge in [0.05, 0.1) is 6.04 Å². The van der Waals surface area contributed by atoms with Crippen LogP contribution < -0.4 is 5.32 Å². The molecule has 0 bridgehead atoms. The van der Waals surface area contributed by atoms with Crippen LogP contribution in [0.5, 0.6) is 0 Å². The molecule has 1 N–H and O–H groups in total. The Hall–Kier alpha value is -1.51. The number of carbonyl (C=O) groups excluding carboxylic acids is 1. The summed E-state index contributed by atoms with van der Waals surface area (Å²) in [6.45, 7) is 0.754. The summed E-state index contributed by atoms with van der Waals surface area (Å²) in [5, 5.41) is 2.83. The number of hydrogen-bond donors (Lipinski definition) is 1. The minimum absolute atomic E-state index is 0.0333. The molecule has 0 radical (unpaired) electrons. The molecule has 14 heavy (non-hydrogen) atoms. The van der Waals surface area contributed by atoms with Crippen LogP contribution in [0.15, 0.2) is 30.3 Å². The predicted octanol–water partition coefficient (Wildman–Crippen LogP) is 1.25. The van der Waals surface area contributed by atoms with Gasteiger partial charge in [-0.25, -0.2) is 4.79 Å². The normalized spacial score (nSPS) is 21.1. The summed E-state index contributed by atoms with van der Waals surface area (Å²) >= 11 is 0. The molecule has 1 atom stereocenters. The Morgan fingerprint density at radius 1 is 1.43 bits per heavy atom. The van der Waals surface area contributed by atoms with Gasteiger partial charge in [-0.2, -0.15) is 0 Å². The van der Waals surface area contributed by atoms with Gasteiger partial charge in [0, 0.05) is 13.6 Å². The topological polar surface area (TPSA) is 32.3 Å². The summed E-state index contributed by atoms with van der Waals surface area (Å²) in [6, 6.07) is 10.6. The molecule has 1 aromatic rings. The minimum atomic E-state index is 0.0333. The highest BCUT2D eigenvalue weighted by Gasteiger charge is 2.26. The smallest absolute Gasteiger partial charge is 0.317 e. The summed E-state index contributed by atoms with van der Waals surface area (Å²) in [6.07, 6.45) is 0.927. The Kier molecular flexibility index (Phi) is 2.39. The van der Waals surface area contributed by atoms with Crippen LogP contribution >= 0.6 is 0 Å². The first-order valence-corrected chi connectivity index (χ1v) is 4.82. The lowest BCUT2D eigenvalue weighted by Crippen LogP contribution is -2.31. The van der Waals surface area contributed by atoms with E-state index in [0.29, 0.717) is 6.04 Å². The van der Waals surface area contributed by atoms with Crippen LogP contribution in [-0.4, -0.2) is 30.6 Å². The van der Waals surface area contributed by atoms with Gasteiger partial charge in [0.1, 0.15) is 0 Å². The fourth-order valence-electron chi connectivity index (χ4n) is 1.73. The van der Waals surface area contributed by atoms with Gasteiger partial charge >= 0.3 is 6.03 Å². The summed E-state index contributed by atoms with van der Waals surface area (Å²) in [5.74, 6) is 0. The van der Waals surface area contributed by atoms with Crippen molar-refractivity contribution in [3.05, 3.63) is 35.9 Å². The van der Waals surface area contributed by atoms with Crippen LogP contribution in [0, 0.1) is 0 Å². The van der Waals surface area contributed by atoms with E-state index in [4.69, 9.17) is 0 Å². The standard InChI is InChI=1S/C11H14N2O/c1-13-10(8-12-11(13)14)7-9-5-3-2-4-6-9/h2-6,10H,7-8H2,1H3,(H,12,14)/t10-/m1/s1. The van der Waals surface area contributed by atoms with Crippen molar-refractivity contribution in [2.24, 2.45) is 0 Å². The van der Waals surface area contributed by atoms with E-state index in [9.17, 15) is 4.79 Å². The van der Waals surface area contributed by atoms with E-state index in [1.165, 1.54) is 5.56 Å². The Morgan fingerprint density at radius 2 is 2.14 bits per heavy atom. The molecule has 0 spiro atoms. The number of amides is 2. The van der Waals surface area contributed by atoms with Crippen molar-refractivity contribution in [3.8, 4) is 0 Å². The van der Waals surface area contributed by atoms with Crippen LogP contribution in [0.4, 0.5) is 4.79 Å². The summed E-state index contributed by atoms with van der Waals surface area (Å²) in [4.78, 5) is 13.0. The van der Waals surface area contributed by atoms with Crippen LogP contribution in [0.1, 0.15) is 5.56 Å². The lowest BCUT2D eigenvalue weighted by molar-refractivity contribution is 0.216. The number of hydrogen-bond acceptors (Lipinski definition) is 1. The van der Waals surface area contributed by atoms with Gasteiger partial charge in [0.25, 0.3) is 0 Å². The molecule has 0 unspecified atom stereocenters. The molecule has 1 aliphatic heterocycles. The second-order valence-corrected chi connectivity index (χ2v) is 3.64. The van der Waals surface area contributed by atoms with Gasteiger partial charge in [0.15, 0.2) is 0 Å². The Balaban J connectivity index is 2.02. The van der Waals surface area contributed by atoms with Gasteiger partial charge in [-0.1, -0.05) is 30.3 Å². The number of urea groups is 1. The molecule has 2 amide bonds. The highest BCUT2D eigenvalue weighted by atomic mass is 16.2. The lowest BCUT2D eigenvalue weighted by Gasteiger charge is -2.17. The van der Waals surface area contributed by atoms with E-state index in [-0.39, 0.29) is 6.03 Å². The van der Waals surface area contributed by atoms with Gasteiger partial charge in [-0.3, -0.25) is 0 Å². The van der Waals surface area contributed by atoms with Crippen molar-refractivity contribution >= 4 is 6.03 Å². The Morgan fingerprint density at radius 3 is 2.71 bits per heavy atom. The van der Waals surface area contributed by atoms with Gasteiger partial charge in [-0.05, 0) is 12.0 Å². The first-order chi connectivity index (χ1) is 6.77. The monoisotopic (exact) mass is 190 g/mol. The zero-order valence-electron chi connectivity index (χ0n) is 8.23. The SMILES string of the molecule is CN1C(=O)NC[C@H]1Cc1ccccc1. The first-order valence-electron chi connectivity index (χ1n) is 4.82. The third-order valence-electron chi connectivity index (χ3n) is 2.67. The molecular formula is C11H14N2O. The quantitative estimate of drug-likeness (QED) is 0.748. The molecule has 0 aliphatic carbocycles. The van der Waals surface area contributed by atoms with Crippen molar-refractivity contribution in [3.63, 3.8) is 0 Å².